The van der Waals surface area contributed by atoms with E-state index in [1.54, 1.807) is 19.1 Å². The Morgan fingerprint density at radius 2 is 1.79 bits per heavy atom. The Morgan fingerprint density at radius 3 is 2.41 bits per heavy atom. The van der Waals surface area contributed by atoms with Gasteiger partial charge in [-0.05, 0) is 43.3 Å². The van der Waals surface area contributed by atoms with Gasteiger partial charge in [-0.3, -0.25) is 9.59 Å². The number of carbonyl (C=O) groups excluding carboxylic acids is 2. The van der Waals surface area contributed by atoms with Crippen LogP contribution in [0.5, 0.6) is 17.2 Å². The summed E-state index contributed by atoms with van der Waals surface area (Å²) in [4.78, 5) is 39.4. The van der Waals surface area contributed by atoms with Gasteiger partial charge in [0.1, 0.15) is 10.8 Å². The van der Waals surface area contributed by atoms with Crippen molar-refractivity contribution in [3.63, 3.8) is 0 Å². The zero-order chi connectivity index (χ0) is 28.3. The Balaban J connectivity index is 1.83. The monoisotopic (exact) mass is 563 g/mol. The van der Waals surface area contributed by atoms with E-state index in [4.69, 9.17) is 14.2 Å². The molecule has 0 aliphatic heterocycles. The molecule has 1 N–H and O–H groups in total. The first kappa shape index (κ1) is 27.4. The first-order chi connectivity index (χ1) is 18.6. The molecule has 0 aliphatic carbocycles. The maximum absolute atomic E-state index is 13.5. The lowest BCUT2D eigenvalue weighted by Gasteiger charge is -2.13. The Morgan fingerprint density at radius 1 is 1.08 bits per heavy atom. The maximum atomic E-state index is 13.5. The number of para-hydroxylation sites is 1. The number of amides is 1. The van der Waals surface area contributed by atoms with E-state index in [-0.39, 0.29) is 45.1 Å². The van der Waals surface area contributed by atoms with Gasteiger partial charge in [0.05, 0.1) is 37.5 Å². The van der Waals surface area contributed by atoms with E-state index >= 15 is 0 Å². The van der Waals surface area contributed by atoms with Crippen molar-refractivity contribution in [3.05, 3.63) is 69.5 Å². The molecule has 1 amide bonds. The molecular weight excluding hydrogens is 543 g/mol. The van der Waals surface area contributed by atoms with Crippen LogP contribution in [0.2, 0.25) is 0 Å². The molecule has 0 unspecified atom stereocenters. The van der Waals surface area contributed by atoms with Crippen molar-refractivity contribution < 1.29 is 41.7 Å². The first-order valence-electron chi connectivity index (χ1n) is 11.2. The smallest absolute Gasteiger partial charge is 0.493 e. The number of anilines is 1. The molecule has 0 fully saturated rings. The summed E-state index contributed by atoms with van der Waals surface area (Å²) in [6.07, 6.45) is -4.90. The number of ether oxygens (including phenoxy) is 4. The Kier molecular flexibility index (Phi) is 7.76. The minimum Gasteiger partial charge on any atom is -0.493 e. The summed E-state index contributed by atoms with van der Waals surface area (Å²) in [5.74, 6) is -1.48. The molecule has 2 aromatic carbocycles. The third-order valence-electron chi connectivity index (χ3n) is 5.31. The highest BCUT2D eigenvalue weighted by molar-refractivity contribution is 7.16. The zero-order valence-corrected chi connectivity index (χ0v) is 21.4. The number of hydrogen-bond acceptors (Lipinski definition) is 9. The average molecular weight is 564 g/mol. The predicted molar refractivity (Wildman–Crippen MR) is 135 cm³/mol. The fraction of sp³-hybridized carbons (Fsp3) is 0.200. The van der Waals surface area contributed by atoms with Crippen molar-refractivity contribution in [2.24, 2.45) is 0 Å². The first-order valence-corrected chi connectivity index (χ1v) is 12.1. The van der Waals surface area contributed by atoms with Crippen LogP contribution in [0.4, 0.5) is 18.2 Å². The van der Waals surface area contributed by atoms with E-state index < -0.39 is 29.5 Å². The van der Waals surface area contributed by atoms with Gasteiger partial charge in [-0.2, -0.15) is 9.78 Å². The van der Waals surface area contributed by atoms with E-state index in [0.717, 1.165) is 28.2 Å². The predicted octanol–water partition coefficient (Wildman–Crippen LogP) is 4.79. The van der Waals surface area contributed by atoms with Crippen molar-refractivity contribution in [2.45, 2.75) is 13.3 Å². The topological polar surface area (TPSA) is 118 Å². The summed E-state index contributed by atoms with van der Waals surface area (Å²) >= 11 is 0.976. The van der Waals surface area contributed by atoms with Crippen molar-refractivity contribution in [1.82, 2.24) is 9.78 Å². The fourth-order valence-corrected chi connectivity index (χ4v) is 4.62. The number of rotatable bonds is 8. The number of aromatic nitrogens is 2. The van der Waals surface area contributed by atoms with E-state index in [1.807, 2.05) is 0 Å². The minimum absolute atomic E-state index is 0.0218. The van der Waals surface area contributed by atoms with Crippen LogP contribution in [-0.4, -0.2) is 48.8 Å². The van der Waals surface area contributed by atoms with Gasteiger partial charge >= 0.3 is 12.3 Å². The number of alkyl halides is 3. The summed E-state index contributed by atoms with van der Waals surface area (Å²) in [5, 5.41) is 8.43. The maximum Gasteiger partial charge on any atom is 0.573 e. The Bertz CT molecular complexity index is 1600. The van der Waals surface area contributed by atoms with Crippen LogP contribution in [0.3, 0.4) is 0 Å². The SMILES string of the molecule is CCOC(=O)c1nn(-c2ccc(OC(F)(F)F)cc2)c(=O)c2c(NC(=O)c3cccc(OC)c3OC)scc12. The van der Waals surface area contributed by atoms with Crippen LogP contribution in [0, 0.1) is 0 Å². The molecule has 204 valence electrons. The number of fused-ring (bicyclic) bond motifs is 1. The number of halogens is 3. The Labute approximate surface area is 222 Å². The number of hydrogen-bond donors (Lipinski definition) is 1. The number of thiophene rings is 1. The van der Waals surface area contributed by atoms with E-state index in [9.17, 15) is 27.6 Å². The largest absolute Gasteiger partial charge is 0.573 e. The molecule has 0 atom stereocenters. The van der Waals surface area contributed by atoms with Gasteiger partial charge in [0, 0.05) is 10.8 Å². The van der Waals surface area contributed by atoms with Gasteiger partial charge in [-0.15, -0.1) is 24.5 Å². The van der Waals surface area contributed by atoms with Crippen molar-refractivity contribution in [2.75, 3.05) is 26.1 Å². The number of benzene rings is 2. The molecule has 0 spiro atoms. The molecule has 2 aromatic heterocycles. The number of carbonyl (C=O) groups is 2. The van der Waals surface area contributed by atoms with E-state index in [0.29, 0.717) is 5.75 Å². The lowest BCUT2D eigenvalue weighted by Crippen LogP contribution is -2.25. The van der Waals surface area contributed by atoms with Gasteiger partial charge in [0.2, 0.25) is 0 Å². The highest BCUT2D eigenvalue weighted by atomic mass is 32.1. The lowest BCUT2D eigenvalue weighted by molar-refractivity contribution is -0.274. The number of nitrogens with one attached hydrogen (secondary N) is 1. The third-order valence-corrected chi connectivity index (χ3v) is 6.21. The number of esters is 1. The highest BCUT2D eigenvalue weighted by Gasteiger charge is 2.31. The zero-order valence-electron chi connectivity index (χ0n) is 20.6. The molecule has 4 aromatic rings. The molecule has 0 bridgehead atoms. The van der Waals surface area contributed by atoms with Gasteiger partial charge in [-0.1, -0.05) is 6.07 Å². The summed E-state index contributed by atoms with van der Waals surface area (Å²) < 4.78 is 58.0. The molecule has 14 heteroatoms. The summed E-state index contributed by atoms with van der Waals surface area (Å²) in [6.45, 7) is 1.61. The molecular formula is C25H20F3N3O7S. The van der Waals surface area contributed by atoms with Gasteiger partial charge in [-0.25, -0.2) is 4.79 Å². The second-order valence-corrected chi connectivity index (χ2v) is 8.56. The molecule has 0 radical (unpaired) electrons. The second kappa shape index (κ2) is 11.0. The summed E-state index contributed by atoms with van der Waals surface area (Å²) in [7, 11) is 2.79. The standard InChI is InChI=1S/C25H20F3N3O7S/c1-4-37-24(34)19-16-12-39-22(29-21(32)15-6-5-7-17(35-2)20(15)36-3)18(16)23(33)31(30-19)13-8-10-14(11-9-13)38-25(26,27)28/h5-12H,4H2,1-3H3,(H,29,32). The van der Waals surface area contributed by atoms with Crippen LogP contribution in [-0.2, 0) is 4.74 Å². The van der Waals surface area contributed by atoms with Crippen molar-refractivity contribution >= 4 is 39.0 Å². The fourth-order valence-electron chi connectivity index (χ4n) is 3.69. The van der Waals surface area contributed by atoms with E-state index in [1.165, 1.54) is 37.8 Å². The molecule has 0 saturated heterocycles. The van der Waals surface area contributed by atoms with Crippen LogP contribution in [0.15, 0.2) is 52.6 Å². The van der Waals surface area contributed by atoms with Crippen molar-refractivity contribution in [1.29, 1.82) is 0 Å². The molecule has 2 heterocycles. The third kappa shape index (κ3) is 5.65. The van der Waals surface area contributed by atoms with Crippen molar-refractivity contribution in [3.8, 4) is 22.9 Å². The minimum atomic E-state index is -4.90. The van der Waals surface area contributed by atoms with Gasteiger partial charge in [0.15, 0.2) is 17.2 Å². The van der Waals surface area contributed by atoms with Crippen LogP contribution >= 0.6 is 11.3 Å². The van der Waals surface area contributed by atoms with Gasteiger partial charge in [0.25, 0.3) is 11.5 Å². The van der Waals surface area contributed by atoms with Crippen LogP contribution in [0.1, 0.15) is 27.8 Å². The average Bonchev–Trinajstić information content (AvgIpc) is 3.32. The molecule has 0 aliphatic rings. The summed E-state index contributed by atoms with van der Waals surface area (Å²) in [6, 6.07) is 9.03. The number of nitrogens with zero attached hydrogens (tertiary/aromatic N) is 2. The normalized spacial score (nSPS) is 11.2. The highest BCUT2D eigenvalue weighted by Crippen LogP contribution is 2.34. The molecule has 10 nitrogen and oxygen atoms in total. The molecule has 39 heavy (non-hydrogen) atoms. The van der Waals surface area contributed by atoms with Crippen LogP contribution < -0.4 is 25.1 Å². The van der Waals surface area contributed by atoms with E-state index in [2.05, 4.69) is 15.2 Å². The van der Waals surface area contributed by atoms with Gasteiger partial charge < -0.3 is 24.3 Å². The molecule has 0 saturated carbocycles. The second-order valence-electron chi connectivity index (χ2n) is 7.68. The Hall–Kier alpha value is -4.59. The van der Waals surface area contributed by atoms with Crippen LogP contribution in [0.25, 0.3) is 16.5 Å². The lowest BCUT2D eigenvalue weighted by atomic mass is 10.1. The quantitative estimate of drug-likeness (QED) is 0.304. The summed E-state index contributed by atoms with van der Waals surface area (Å²) in [5.41, 5.74) is -0.798. The molecule has 4 rings (SSSR count). The number of methoxy groups -OCH3 is 2.